The first kappa shape index (κ1) is 11.7. The molecule has 3 heteroatoms. The van der Waals surface area contributed by atoms with Crippen LogP contribution in [0.25, 0.3) is 10.8 Å². The fraction of sp³-hybridized carbons (Fsp3) is 0.357. The molecule has 0 fully saturated rings. The van der Waals surface area contributed by atoms with Crippen molar-refractivity contribution in [2.75, 3.05) is 5.32 Å². The lowest BCUT2D eigenvalue weighted by atomic mass is 10.1. The Balaban J connectivity index is 2.40. The topological polar surface area (TPSA) is 44.9 Å². The number of aromatic amines is 1. The van der Waals surface area contributed by atoms with Crippen molar-refractivity contribution < 1.29 is 0 Å². The zero-order valence-electron chi connectivity index (χ0n) is 10.3. The van der Waals surface area contributed by atoms with Crippen LogP contribution < -0.4 is 10.9 Å². The Labute approximate surface area is 101 Å². The van der Waals surface area contributed by atoms with Gasteiger partial charge >= 0.3 is 0 Å². The van der Waals surface area contributed by atoms with E-state index in [0.717, 1.165) is 29.4 Å². The van der Waals surface area contributed by atoms with Crippen molar-refractivity contribution in [1.82, 2.24) is 4.98 Å². The van der Waals surface area contributed by atoms with Crippen molar-refractivity contribution in [3.63, 3.8) is 0 Å². The molecule has 0 saturated carbocycles. The summed E-state index contributed by atoms with van der Waals surface area (Å²) in [6, 6.07) is 10.0. The molecule has 0 amide bonds. The number of fused-ring (bicyclic) bond motifs is 1. The van der Waals surface area contributed by atoms with Crippen molar-refractivity contribution in [2.24, 2.45) is 0 Å². The minimum absolute atomic E-state index is 0.0310. The van der Waals surface area contributed by atoms with Crippen molar-refractivity contribution >= 4 is 16.6 Å². The van der Waals surface area contributed by atoms with Gasteiger partial charge in [-0.1, -0.05) is 32.0 Å². The molecule has 1 aromatic heterocycles. The second-order valence-corrected chi connectivity index (χ2v) is 4.26. The lowest BCUT2D eigenvalue weighted by Crippen LogP contribution is -2.20. The van der Waals surface area contributed by atoms with Gasteiger partial charge in [0, 0.05) is 11.4 Å². The molecule has 0 radical (unpaired) electrons. The van der Waals surface area contributed by atoms with Gasteiger partial charge in [-0.2, -0.15) is 0 Å². The van der Waals surface area contributed by atoms with Crippen LogP contribution in [0.3, 0.4) is 0 Å². The van der Waals surface area contributed by atoms with E-state index in [1.165, 1.54) is 0 Å². The number of H-pyrrole nitrogens is 1. The summed E-state index contributed by atoms with van der Waals surface area (Å²) in [7, 11) is 0. The van der Waals surface area contributed by atoms with Crippen molar-refractivity contribution in [3.05, 3.63) is 40.7 Å². The molecule has 0 spiro atoms. The SMILES string of the molecule is CCC(CC)Nc1cc2ccccc2c(=O)[nH]1. The number of pyridine rings is 1. The summed E-state index contributed by atoms with van der Waals surface area (Å²) in [5.41, 5.74) is -0.0310. The molecule has 3 nitrogen and oxygen atoms in total. The first-order chi connectivity index (χ1) is 8.24. The van der Waals surface area contributed by atoms with Crippen LogP contribution in [0, 0.1) is 0 Å². The fourth-order valence-corrected chi connectivity index (χ4v) is 2.00. The number of benzene rings is 1. The molecule has 0 aliphatic rings. The zero-order valence-corrected chi connectivity index (χ0v) is 10.3. The molecular formula is C14H18N2O. The van der Waals surface area contributed by atoms with Crippen molar-refractivity contribution in [1.29, 1.82) is 0 Å². The normalized spacial score (nSPS) is 11.0. The van der Waals surface area contributed by atoms with Gasteiger partial charge in [-0.25, -0.2) is 0 Å². The maximum Gasteiger partial charge on any atom is 0.257 e. The molecule has 2 aromatic rings. The van der Waals surface area contributed by atoms with E-state index in [9.17, 15) is 4.79 Å². The molecular weight excluding hydrogens is 212 g/mol. The molecule has 1 heterocycles. The van der Waals surface area contributed by atoms with Gasteiger partial charge < -0.3 is 10.3 Å². The first-order valence-electron chi connectivity index (χ1n) is 6.13. The Morgan fingerprint density at radius 2 is 1.94 bits per heavy atom. The van der Waals surface area contributed by atoms with Crippen LogP contribution in [-0.2, 0) is 0 Å². The number of rotatable bonds is 4. The minimum Gasteiger partial charge on any atom is -0.369 e. The second-order valence-electron chi connectivity index (χ2n) is 4.26. The third kappa shape index (κ3) is 2.49. The zero-order chi connectivity index (χ0) is 12.3. The average Bonchev–Trinajstić information content (AvgIpc) is 2.36. The highest BCUT2D eigenvalue weighted by Crippen LogP contribution is 2.14. The van der Waals surface area contributed by atoms with E-state index in [4.69, 9.17) is 0 Å². The van der Waals surface area contributed by atoms with Crippen LogP contribution in [0.2, 0.25) is 0 Å². The molecule has 0 bridgehead atoms. The highest BCUT2D eigenvalue weighted by atomic mass is 16.1. The van der Waals surface area contributed by atoms with Gasteiger partial charge in [0.25, 0.3) is 5.56 Å². The van der Waals surface area contributed by atoms with E-state index >= 15 is 0 Å². The Kier molecular flexibility index (Phi) is 3.47. The molecule has 90 valence electrons. The average molecular weight is 230 g/mol. The lowest BCUT2D eigenvalue weighted by Gasteiger charge is -2.16. The first-order valence-corrected chi connectivity index (χ1v) is 6.13. The van der Waals surface area contributed by atoms with E-state index in [0.29, 0.717) is 6.04 Å². The summed E-state index contributed by atoms with van der Waals surface area (Å²) >= 11 is 0. The molecule has 0 atom stereocenters. The smallest absolute Gasteiger partial charge is 0.257 e. The highest BCUT2D eigenvalue weighted by molar-refractivity contribution is 5.83. The second kappa shape index (κ2) is 5.04. The maximum absolute atomic E-state index is 11.9. The van der Waals surface area contributed by atoms with E-state index < -0.39 is 0 Å². The van der Waals surface area contributed by atoms with Crippen molar-refractivity contribution in [3.8, 4) is 0 Å². The number of nitrogens with one attached hydrogen (secondary N) is 2. The Morgan fingerprint density at radius 3 is 2.65 bits per heavy atom. The molecule has 0 unspecified atom stereocenters. The van der Waals surface area contributed by atoms with E-state index in [1.54, 1.807) is 0 Å². The summed E-state index contributed by atoms with van der Waals surface area (Å²) in [5, 5.41) is 5.07. The van der Waals surface area contributed by atoms with E-state index in [-0.39, 0.29) is 5.56 Å². The van der Waals surface area contributed by atoms with Crippen LogP contribution >= 0.6 is 0 Å². The van der Waals surface area contributed by atoms with Gasteiger partial charge in [0.15, 0.2) is 0 Å². The standard InChI is InChI=1S/C14H18N2O/c1-3-11(4-2)15-13-9-10-7-5-6-8-12(10)14(17)16-13/h5-9,11H,3-4H2,1-2H3,(H2,15,16,17). The summed E-state index contributed by atoms with van der Waals surface area (Å²) in [6.45, 7) is 4.28. The van der Waals surface area contributed by atoms with Crippen LogP contribution in [0.15, 0.2) is 35.1 Å². The molecule has 2 rings (SSSR count). The quantitative estimate of drug-likeness (QED) is 0.847. The van der Waals surface area contributed by atoms with Crippen LogP contribution in [0.5, 0.6) is 0 Å². The highest BCUT2D eigenvalue weighted by Gasteiger charge is 2.05. The maximum atomic E-state index is 11.9. The molecule has 0 saturated heterocycles. The summed E-state index contributed by atoms with van der Waals surface area (Å²) in [6.07, 6.45) is 2.09. The van der Waals surface area contributed by atoms with E-state index in [2.05, 4.69) is 24.1 Å². The summed E-state index contributed by atoms with van der Waals surface area (Å²) in [4.78, 5) is 14.7. The largest absolute Gasteiger partial charge is 0.369 e. The van der Waals surface area contributed by atoms with Crippen molar-refractivity contribution in [2.45, 2.75) is 32.7 Å². The van der Waals surface area contributed by atoms with Gasteiger partial charge in [-0.15, -0.1) is 0 Å². The lowest BCUT2D eigenvalue weighted by molar-refractivity contribution is 0.668. The molecule has 0 aliphatic carbocycles. The summed E-state index contributed by atoms with van der Waals surface area (Å²) < 4.78 is 0. The summed E-state index contributed by atoms with van der Waals surface area (Å²) in [5.74, 6) is 0.808. The predicted molar refractivity (Wildman–Crippen MR) is 72.6 cm³/mol. The van der Waals surface area contributed by atoms with Gasteiger partial charge in [0.2, 0.25) is 0 Å². The number of anilines is 1. The van der Waals surface area contributed by atoms with Crippen LogP contribution in [0.4, 0.5) is 5.82 Å². The monoisotopic (exact) mass is 230 g/mol. The number of hydrogen-bond donors (Lipinski definition) is 2. The Morgan fingerprint density at radius 1 is 1.24 bits per heavy atom. The molecule has 2 N–H and O–H groups in total. The van der Waals surface area contributed by atoms with Crippen LogP contribution in [0.1, 0.15) is 26.7 Å². The Hall–Kier alpha value is -1.77. The van der Waals surface area contributed by atoms with Gasteiger partial charge in [-0.05, 0) is 30.4 Å². The third-order valence-corrected chi connectivity index (χ3v) is 3.10. The predicted octanol–water partition coefficient (Wildman–Crippen LogP) is 3.13. The van der Waals surface area contributed by atoms with Gasteiger partial charge in [-0.3, -0.25) is 4.79 Å². The van der Waals surface area contributed by atoms with E-state index in [1.807, 2.05) is 30.3 Å². The Bertz CT molecular complexity index is 555. The number of hydrogen-bond acceptors (Lipinski definition) is 2. The van der Waals surface area contributed by atoms with Gasteiger partial charge in [0.05, 0.1) is 0 Å². The number of aromatic nitrogens is 1. The minimum atomic E-state index is -0.0310. The van der Waals surface area contributed by atoms with Gasteiger partial charge in [0.1, 0.15) is 5.82 Å². The third-order valence-electron chi connectivity index (χ3n) is 3.10. The van der Waals surface area contributed by atoms with Crippen LogP contribution in [-0.4, -0.2) is 11.0 Å². The molecule has 17 heavy (non-hydrogen) atoms. The molecule has 0 aliphatic heterocycles. The fourth-order valence-electron chi connectivity index (χ4n) is 2.00. The molecule has 1 aromatic carbocycles.